The molecule has 0 heterocycles. The van der Waals surface area contributed by atoms with Crippen LogP contribution in [0.15, 0.2) is 58.3 Å². The van der Waals surface area contributed by atoms with E-state index in [0.717, 1.165) is 35.5 Å². The van der Waals surface area contributed by atoms with E-state index in [-0.39, 0.29) is 0 Å². The molecule has 0 bridgehead atoms. The van der Waals surface area contributed by atoms with Gasteiger partial charge in [0.25, 0.3) is 0 Å². The molecular weight excluding hydrogens is 487 g/mol. The van der Waals surface area contributed by atoms with E-state index in [4.69, 9.17) is 0 Å². The number of hydrogen-bond donors (Lipinski definition) is 3. The van der Waals surface area contributed by atoms with Crippen LogP contribution in [0.5, 0.6) is 0 Å². The minimum atomic E-state index is -3.42. The van der Waals surface area contributed by atoms with Crippen molar-refractivity contribution in [2.45, 2.75) is 126 Å². The maximum atomic E-state index is 11.0. The van der Waals surface area contributed by atoms with Gasteiger partial charge in [0.2, 0.25) is 5.69 Å². The minimum Gasteiger partial charge on any atom is -0.341 e. The van der Waals surface area contributed by atoms with E-state index < -0.39 is 15.8 Å². The smallest absolute Gasteiger partial charge is 0.207 e. The quantitative estimate of drug-likeness (QED) is 0.101. The highest BCUT2D eigenvalue weighted by molar-refractivity contribution is 8.65. The number of benzene rings is 2. The van der Waals surface area contributed by atoms with Gasteiger partial charge in [-0.3, -0.25) is 0 Å². The predicted octanol–water partition coefficient (Wildman–Crippen LogP) is 9.90. The molecule has 35 heavy (non-hydrogen) atoms. The van der Waals surface area contributed by atoms with Crippen LogP contribution in [-0.4, -0.2) is 9.79 Å². The summed E-state index contributed by atoms with van der Waals surface area (Å²) in [5, 5.41) is 0. The van der Waals surface area contributed by atoms with Gasteiger partial charge >= 0.3 is 0 Å². The Balaban J connectivity index is 2.14. The fourth-order valence-electron chi connectivity index (χ4n) is 4.73. The Labute approximate surface area is 223 Å². The molecule has 0 saturated carbocycles. The Kier molecular flexibility index (Phi) is 15.7. The second-order valence-corrected chi connectivity index (χ2v) is 17.3. The summed E-state index contributed by atoms with van der Waals surface area (Å²) in [7, 11) is -0.828. The molecule has 5 heteroatoms. The van der Waals surface area contributed by atoms with Crippen molar-refractivity contribution in [3.8, 4) is 0 Å². The van der Waals surface area contributed by atoms with Crippen molar-refractivity contribution >= 4 is 28.0 Å². The fourth-order valence-corrected chi connectivity index (χ4v) is 11.0. The average molecular weight is 537 g/mol. The van der Waals surface area contributed by atoms with Gasteiger partial charge in [-0.1, -0.05) is 150 Å². The highest BCUT2D eigenvalue weighted by Crippen LogP contribution is 2.52. The van der Waals surface area contributed by atoms with Crippen LogP contribution in [0, 0.1) is 0 Å². The number of aryl methyl sites for hydroxylation is 2. The molecule has 198 valence electrons. The number of thiol groups is 1. The van der Waals surface area contributed by atoms with Crippen LogP contribution in [0.3, 0.4) is 0 Å². The largest absolute Gasteiger partial charge is 0.341 e. The lowest BCUT2D eigenvalue weighted by Crippen LogP contribution is -2.04. The van der Waals surface area contributed by atoms with E-state index in [1.54, 1.807) is 0 Å². The number of unbranched alkanes of at least 4 members (excludes halogenated alkanes) is 12. The standard InChI is InChI=1S/C30H49O2PS2/c1-3-5-7-9-11-13-15-21-27-23-17-19-25-29(27)35(33(31,32)34)30-26-20-18-24-28(30)22-16-14-12-10-8-6-4-2/h17-20,23-26,31-32,34H,3-16,21-22H2,1-2H3. The maximum absolute atomic E-state index is 11.0. The Bertz CT molecular complexity index is 835. The molecule has 0 aliphatic heterocycles. The third-order valence-corrected chi connectivity index (χ3v) is 12.9. The lowest BCUT2D eigenvalue weighted by atomic mass is 10.0. The second-order valence-electron chi connectivity index (χ2n) is 9.76. The normalized spacial score (nSPS) is 11.9. The molecule has 0 spiro atoms. The predicted molar refractivity (Wildman–Crippen MR) is 161 cm³/mol. The van der Waals surface area contributed by atoms with Crippen molar-refractivity contribution in [1.82, 2.24) is 0 Å². The van der Waals surface area contributed by atoms with Gasteiger partial charge in [0.1, 0.15) is 0 Å². The topological polar surface area (TPSA) is 40.5 Å². The first-order valence-corrected chi connectivity index (χ1v) is 18.6. The summed E-state index contributed by atoms with van der Waals surface area (Å²) in [6.07, 6.45) is 19.9. The lowest BCUT2D eigenvalue weighted by Gasteiger charge is -2.22. The van der Waals surface area contributed by atoms with Crippen LogP contribution in [-0.2, 0) is 22.9 Å². The van der Waals surface area contributed by atoms with Crippen molar-refractivity contribution in [2.24, 2.45) is 0 Å². The maximum Gasteiger partial charge on any atom is 0.207 e. The molecule has 2 aromatic rings. The van der Waals surface area contributed by atoms with Crippen LogP contribution in [0.2, 0.25) is 0 Å². The number of hydrogen-bond acceptors (Lipinski definition) is 0. The summed E-state index contributed by atoms with van der Waals surface area (Å²) in [5.41, 5.74) is -0.922. The van der Waals surface area contributed by atoms with Crippen molar-refractivity contribution in [2.75, 3.05) is 0 Å². The van der Waals surface area contributed by atoms with Crippen molar-refractivity contribution in [1.29, 1.82) is 0 Å². The SMILES string of the molecule is CCCCCCCCCc1ccccc1S(c1ccccc1CCCCCCCCC)=P(O)(O)S. The lowest BCUT2D eigenvalue weighted by molar-refractivity contribution is 0.502. The van der Waals surface area contributed by atoms with E-state index in [0.29, 0.717) is 0 Å². The molecule has 0 fully saturated rings. The molecule has 0 amide bonds. The summed E-state index contributed by atoms with van der Waals surface area (Å²) >= 11 is 4.42. The van der Waals surface area contributed by atoms with Crippen LogP contribution in [0.25, 0.3) is 0 Å². The van der Waals surface area contributed by atoms with E-state index in [9.17, 15) is 9.79 Å². The van der Waals surface area contributed by atoms with Gasteiger partial charge < -0.3 is 9.79 Å². The molecule has 0 unspecified atom stereocenters. The summed E-state index contributed by atoms with van der Waals surface area (Å²) in [6.45, 7) is 4.51. The zero-order valence-corrected chi connectivity index (χ0v) is 24.7. The van der Waals surface area contributed by atoms with Gasteiger partial charge in [-0.05, 0) is 48.9 Å². The Morgan fingerprint density at radius 2 is 0.914 bits per heavy atom. The molecule has 2 rings (SSSR count). The summed E-state index contributed by atoms with van der Waals surface area (Å²) < 4.78 is 0. The molecule has 0 saturated heterocycles. The first-order valence-electron chi connectivity index (χ1n) is 14.0. The summed E-state index contributed by atoms with van der Waals surface area (Å²) in [6, 6.07) is 16.8. The summed E-state index contributed by atoms with van der Waals surface area (Å²) in [5.74, 6) is 0. The molecule has 0 atom stereocenters. The highest BCUT2D eigenvalue weighted by Gasteiger charge is 2.20. The average Bonchev–Trinajstić information content (AvgIpc) is 2.84. The van der Waals surface area contributed by atoms with Gasteiger partial charge in [0.05, 0.1) is 0 Å². The Morgan fingerprint density at radius 3 is 1.29 bits per heavy atom. The second kappa shape index (κ2) is 17.9. The van der Waals surface area contributed by atoms with Gasteiger partial charge in [-0.15, -0.1) is 0 Å². The Morgan fingerprint density at radius 1 is 0.571 bits per heavy atom. The third-order valence-electron chi connectivity index (χ3n) is 6.71. The van der Waals surface area contributed by atoms with Crippen molar-refractivity contribution < 1.29 is 9.79 Å². The van der Waals surface area contributed by atoms with E-state index in [1.807, 2.05) is 12.1 Å². The van der Waals surface area contributed by atoms with Crippen LogP contribution < -0.4 is 0 Å². The first-order chi connectivity index (χ1) is 17.0. The van der Waals surface area contributed by atoms with Crippen LogP contribution >= 0.6 is 17.9 Å². The molecule has 0 aliphatic carbocycles. The molecule has 0 aromatic heterocycles. The molecule has 2 N–H and O–H groups in total. The van der Waals surface area contributed by atoms with Crippen LogP contribution in [0.1, 0.15) is 115 Å². The van der Waals surface area contributed by atoms with Gasteiger partial charge in [0.15, 0.2) is 0 Å². The molecule has 2 aromatic carbocycles. The third kappa shape index (κ3) is 11.6. The number of rotatable bonds is 18. The fraction of sp³-hybridized carbons (Fsp3) is 0.600. The van der Waals surface area contributed by atoms with Gasteiger partial charge in [0, 0.05) is 9.79 Å². The minimum absolute atomic E-state index is 0.828. The zero-order chi connectivity index (χ0) is 25.4. The first kappa shape index (κ1) is 30.7. The highest BCUT2D eigenvalue weighted by atomic mass is 32.9. The van der Waals surface area contributed by atoms with Gasteiger partial charge in [-0.25, -0.2) is 0 Å². The van der Waals surface area contributed by atoms with E-state index in [1.165, 1.54) is 88.2 Å². The molecule has 0 radical (unpaired) electrons. The summed E-state index contributed by atoms with van der Waals surface area (Å²) in [4.78, 5) is 24.1. The molecular formula is C30H49O2PS2. The van der Waals surface area contributed by atoms with E-state index >= 15 is 0 Å². The van der Waals surface area contributed by atoms with Crippen molar-refractivity contribution in [3.63, 3.8) is 0 Å². The monoisotopic (exact) mass is 536 g/mol. The van der Waals surface area contributed by atoms with Crippen molar-refractivity contribution in [3.05, 3.63) is 59.7 Å². The van der Waals surface area contributed by atoms with Crippen LogP contribution in [0.4, 0.5) is 0 Å². The van der Waals surface area contributed by atoms with E-state index in [2.05, 4.69) is 62.5 Å². The van der Waals surface area contributed by atoms with Gasteiger partial charge in [-0.2, -0.15) is 0 Å². The molecule has 0 aliphatic rings. The zero-order valence-electron chi connectivity index (χ0n) is 22.1. The Hall–Kier alpha value is -0.510. The molecule has 2 nitrogen and oxygen atoms in total.